The van der Waals surface area contributed by atoms with Crippen molar-refractivity contribution in [1.29, 1.82) is 5.26 Å². The van der Waals surface area contributed by atoms with E-state index >= 15 is 0 Å². The summed E-state index contributed by atoms with van der Waals surface area (Å²) in [6.07, 6.45) is -0.0579. The third-order valence-electron chi connectivity index (χ3n) is 0.280. The Morgan fingerprint density at radius 1 is 0.371 bits per heavy atom. The topological polar surface area (TPSA) is 23.8 Å². The molecule has 0 unspecified atom stereocenters. The van der Waals surface area contributed by atoms with E-state index < -0.39 is 33.9 Å². The lowest BCUT2D eigenvalue weighted by Gasteiger charge is -2.00. The summed E-state index contributed by atoms with van der Waals surface area (Å²) in [4.78, 5) is 0. The second kappa shape index (κ2) is 50.1. The molecule has 0 amide bonds. The predicted molar refractivity (Wildman–Crippen MR) is 180 cm³/mol. The van der Waals surface area contributed by atoms with Crippen LogP contribution in [0.4, 0.5) is 0 Å². The molecule has 0 bridgehead atoms. The molecule has 1 nitrogen and oxygen atoms in total. The zero-order chi connectivity index (χ0) is 31.0. The fourth-order valence-corrected chi connectivity index (χ4v) is 0.269. The van der Waals surface area contributed by atoms with E-state index in [1.165, 1.54) is 0 Å². The fraction of sp³-hybridized carbons (Fsp3) is 0.900. The molecule has 0 atom stereocenters. The van der Waals surface area contributed by atoms with Gasteiger partial charge in [-0.05, 0) is 0 Å². The van der Waals surface area contributed by atoms with Crippen molar-refractivity contribution in [3.8, 4) is 6.07 Å². The van der Waals surface area contributed by atoms with Gasteiger partial charge in [0.05, 0.1) is 12.5 Å². The summed E-state index contributed by atoms with van der Waals surface area (Å²) < 4.78 is -6.64. The fourth-order valence-electron chi connectivity index (χ4n) is 0.0896. The number of hydrogen-bond acceptors (Lipinski definition) is 1. The first kappa shape index (κ1) is 60.6. The van der Waals surface area contributed by atoms with Crippen molar-refractivity contribution in [1.82, 2.24) is 0 Å². The van der Waals surface area contributed by atoms with Crippen LogP contribution in [0.5, 0.6) is 0 Å². The first-order valence-corrected chi connectivity index (χ1v) is 16.4. The van der Waals surface area contributed by atoms with Gasteiger partial charge in [-0.2, -0.15) is 5.26 Å². The summed E-state index contributed by atoms with van der Waals surface area (Å²) in [5, 5.41) is 7.90. The number of rotatable bonds is 0. The van der Waals surface area contributed by atoms with Crippen LogP contribution < -0.4 is 0 Å². The van der Waals surface area contributed by atoms with Gasteiger partial charge in [0.2, 0.25) is 3.79 Å². The Morgan fingerprint density at radius 2 is 0.457 bits per heavy atom. The van der Waals surface area contributed by atoms with Gasteiger partial charge in [-0.1, -0.05) is 278 Å². The van der Waals surface area contributed by atoms with E-state index in [9.17, 15) is 0 Å². The normalized spacial score (nSPS) is 9.31. The third-order valence-corrected chi connectivity index (χ3v) is 0.680. The summed E-state index contributed by atoms with van der Waals surface area (Å²) in [5.74, 6) is 0. The highest BCUT2D eigenvalue weighted by atomic mass is 35.6. The second-order valence-corrected chi connectivity index (χ2v) is 19.1. The van der Waals surface area contributed by atoms with Gasteiger partial charge in [0.15, 0.2) is 30.1 Å². The van der Waals surface area contributed by atoms with E-state index in [-0.39, 0.29) is 6.42 Å². The standard InChI is InChI=1S/C3H2Cl3N.7CHCl3/c4-3(5,6)1-2-7;7*2-1(3)4/h1H2;7*1H. The lowest BCUT2D eigenvalue weighted by atomic mass is 10.5. The van der Waals surface area contributed by atoms with E-state index in [1.807, 2.05) is 0 Å². The van der Waals surface area contributed by atoms with Crippen molar-refractivity contribution < 1.29 is 0 Å². The minimum Gasteiger partial charge on any atom is -0.198 e. The molecule has 0 aliphatic carbocycles. The zero-order valence-corrected chi connectivity index (χ0v) is 33.4. The lowest BCUT2D eigenvalue weighted by molar-refractivity contribution is 1.08. The zero-order valence-electron chi connectivity index (χ0n) is 15.3. The average molecular weight is 994 g/mol. The molecule has 0 fully saturated rings. The van der Waals surface area contributed by atoms with Crippen molar-refractivity contribution in [3.05, 3.63) is 0 Å². The van der Waals surface area contributed by atoms with Gasteiger partial charge in [-0.3, -0.25) is 0 Å². The Kier molecular flexibility index (Phi) is 86.8. The Labute approximate surface area is 325 Å². The highest BCUT2D eigenvalue weighted by Gasteiger charge is 2.17. The van der Waals surface area contributed by atoms with E-state index in [2.05, 4.69) is 0 Å². The van der Waals surface area contributed by atoms with Gasteiger partial charge in [-0.15, -0.1) is 0 Å². The average Bonchev–Trinajstić information content (AvgIpc) is 2.40. The molecule has 0 aromatic rings. The van der Waals surface area contributed by atoms with Crippen LogP contribution in [0.25, 0.3) is 0 Å². The van der Waals surface area contributed by atoms with Gasteiger partial charge in [0.1, 0.15) is 0 Å². The number of nitriles is 1. The summed E-state index contributed by atoms with van der Waals surface area (Å²) >= 11 is 116. The highest BCUT2D eigenvalue weighted by molar-refractivity contribution is 6.68. The molecule has 35 heavy (non-hydrogen) atoms. The summed E-state index contributed by atoms with van der Waals surface area (Å²) in [7, 11) is 0. The Hall–Kier alpha value is 6.45. The molecule has 0 aromatic carbocycles. The smallest absolute Gasteiger partial charge is 0.198 e. The molecule has 0 saturated heterocycles. The maximum absolute atomic E-state index is 7.90. The molecule has 222 valence electrons. The Bertz CT molecular complexity index is 271. The van der Waals surface area contributed by atoms with Crippen molar-refractivity contribution in [2.24, 2.45) is 0 Å². The predicted octanol–water partition coefficient (Wildman–Crippen LogP) is 16.2. The van der Waals surface area contributed by atoms with Crippen molar-refractivity contribution in [3.63, 3.8) is 0 Å². The van der Waals surface area contributed by atoms with Crippen LogP contribution in [0, 0.1) is 11.3 Å². The molecule has 0 spiro atoms. The van der Waals surface area contributed by atoms with Gasteiger partial charge in [0, 0.05) is 0 Å². The molecule has 25 heteroatoms. The van der Waals surface area contributed by atoms with Gasteiger partial charge >= 0.3 is 0 Å². The minimum absolute atomic E-state index is 0.0579. The van der Waals surface area contributed by atoms with Crippen molar-refractivity contribution in [2.45, 2.75) is 40.3 Å². The largest absolute Gasteiger partial charge is 0.203 e. The van der Waals surface area contributed by atoms with Crippen LogP contribution in [0.3, 0.4) is 0 Å². The molecular formula is C10H9Cl24N. The summed E-state index contributed by atoms with van der Waals surface area (Å²) in [5.41, 5.74) is 0. The molecule has 0 aromatic heterocycles. The molecule has 0 aliphatic rings. The van der Waals surface area contributed by atoms with Crippen LogP contribution in [-0.2, 0) is 0 Å². The monoisotopic (exact) mass is 982 g/mol. The maximum atomic E-state index is 7.90. The van der Waals surface area contributed by atoms with Crippen LogP contribution in [-0.4, -0.2) is 33.9 Å². The molecule has 0 N–H and O–H groups in total. The summed E-state index contributed by atoms with van der Waals surface area (Å²) in [6, 6.07) is 1.71. The van der Waals surface area contributed by atoms with Crippen molar-refractivity contribution >= 4 is 278 Å². The SMILES string of the molecule is ClC(Cl)Cl.ClC(Cl)Cl.ClC(Cl)Cl.ClC(Cl)Cl.ClC(Cl)Cl.ClC(Cl)Cl.ClC(Cl)Cl.N#CCC(Cl)(Cl)Cl. The van der Waals surface area contributed by atoms with Crippen LogP contribution in [0.2, 0.25) is 0 Å². The number of halogens is 24. The van der Waals surface area contributed by atoms with Crippen molar-refractivity contribution in [2.75, 3.05) is 0 Å². The lowest BCUT2D eigenvalue weighted by Crippen LogP contribution is -1.97. The van der Waals surface area contributed by atoms with Gasteiger partial charge < -0.3 is 0 Å². The van der Waals surface area contributed by atoms with Crippen LogP contribution in [0.15, 0.2) is 0 Å². The highest BCUT2D eigenvalue weighted by Crippen LogP contribution is 2.28. The van der Waals surface area contributed by atoms with E-state index in [0.717, 1.165) is 0 Å². The molecule has 0 aliphatic heterocycles. The first-order chi connectivity index (χ1) is 15.2. The Morgan fingerprint density at radius 3 is 0.457 bits per heavy atom. The summed E-state index contributed by atoms with van der Waals surface area (Å²) in [6.45, 7) is 0. The molecule has 0 rings (SSSR count). The third kappa shape index (κ3) is 548. The number of nitrogens with zero attached hydrogens (tertiary/aromatic N) is 1. The Balaban J connectivity index is -0.0000000401. The number of hydrogen-bond donors (Lipinski definition) is 0. The molecule has 0 radical (unpaired) electrons. The van der Waals surface area contributed by atoms with Crippen LogP contribution >= 0.6 is 278 Å². The molecular weight excluding hydrogens is 985 g/mol. The van der Waals surface area contributed by atoms with Gasteiger partial charge in [0.25, 0.3) is 0 Å². The maximum Gasteiger partial charge on any atom is 0.203 e. The quantitative estimate of drug-likeness (QED) is 0.222. The van der Waals surface area contributed by atoms with Crippen LogP contribution in [0.1, 0.15) is 6.42 Å². The van der Waals surface area contributed by atoms with Gasteiger partial charge in [-0.25, -0.2) is 0 Å². The molecule has 0 saturated carbocycles. The second-order valence-electron chi connectivity index (χ2n) is 2.68. The first-order valence-electron chi connectivity index (χ1n) is 6.08. The molecule has 0 heterocycles. The van der Waals surface area contributed by atoms with E-state index in [4.69, 9.17) is 284 Å². The minimum atomic E-state index is -1.39. The van der Waals surface area contributed by atoms with E-state index in [1.54, 1.807) is 6.07 Å². The van der Waals surface area contributed by atoms with E-state index in [0.29, 0.717) is 0 Å². The number of alkyl halides is 24.